The molecule has 0 spiro atoms. The summed E-state index contributed by atoms with van der Waals surface area (Å²) < 4.78 is 0. The van der Waals surface area contributed by atoms with Crippen molar-refractivity contribution in [2.75, 3.05) is 19.6 Å². The Bertz CT molecular complexity index is 296. The first kappa shape index (κ1) is 16.3. The second-order valence-electron chi connectivity index (χ2n) is 7.89. The van der Waals surface area contributed by atoms with Gasteiger partial charge in [0.25, 0.3) is 0 Å². The molecular formula is C18H36N2. The predicted octanol–water partition coefficient (Wildman–Crippen LogP) is 3.91. The van der Waals surface area contributed by atoms with Crippen LogP contribution in [0.5, 0.6) is 0 Å². The van der Waals surface area contributed by atoms with Gasteiger partial charge in [0, 0.05) is 31.7 Å². The van der Waals surface area contributed by atoms with Crippen LogP contribution < -0.4 is 5.32 Å². The van der Waals surface area contributed by atoms with Gasteiger partial charge < -0.3 is 5.32 Å². The van der Waals surface area contributed by atoms with Crippen LogP contribution in [0.3, 0.4) is 0 Å². The molecule has 2 heteroatoms. The van der Waals surface area contributed by atoms with E-state index >= 15 is 0 Å². The predicted molar refractivity (Wildman–Crippen MR) is 88.0 cm³/mol. The Hall–Kier alpha value is -0.0800. The van der Waals surface area contributed by atoms with Gasteiger partial charge >= 0.3 is 0 Å². The topological polar surface area (TPSA) is 15.3 Å². The van der Waals surface area contributed by atoms with Gasteiger partial charge in [0.1, 0.15) is 0 Å². The zero-order valence-electron chi connectivity index (χ0n) is 14.4. The lowest BCUT2D eigenvalue weighted by molar-refractivity contribution is 0.0608. The van der Waals surface area contributed by atoms with E-state index in [-0.39, 0.29) is 0 Å². The maximum absolute atomic E-state index is 3.83. The zero-order chi connectivity index (χ0) is 14.8. The number of hydrogen-bond donors (Lipinski definition) is 1. The van der Waals surface area contributed by atoms with E-state index in [1.165, 1.54) is 51.7 Å². The molecule has 3 unspecified atom stereocenters. The van der Waals surface area contributed by atoms with Crippen molar-refractivity contribution in [3.63, 3.8) is 0 Å². The third-order valence-electron chi connectivity index (χ3n) is 5.87. The molecule has 0 aromatic carbocycles. The van der Waals surface area contributed by atoms with Crippen LogP contribution in [0.25, 0.3) is 0 Å². The highest BCUT2D eigenvalue weighted by molar-refractivity contribution is 4.99. The summed E-state index contributed by atoms with van der Waals surface area (Å²) in [5.41, 5.74) is 0.694. The second kappa shape index (κ2) is 6.79. The lowest BCUT2D eigenvalue weighted by Crippen LogP contribution is -2.60. The minimum absolute atomic E-state index is 0.694. The van der Waals surface area contributed by atoms with Gasteiger partial charge in [-0.3, -0.25) is 4.90 Å². The summed E-state index contributed by atoms with van der Waals surface area (Å²) in [6.07, 6.45) is 7.04. The molecule has 1 saturated heterocycles. The molecule has 0 aromatic rings. The monoisotopic (exact) mass is 280 g/mol. The molecule has 2 nitrogen and oxygen atoms in total. The molecule has 0 radical (unpaired) electrons. The van der Waals surface area contributed by atoms with Crippen molar-refractivity contribution >= 4 is 0 Å². The highest BCUT2D eigenvalue weighted by Crippen LogP contribution is 2.50. The van der Waals surface area contributed by atoms with E-state index in [1.807, 2.05) is 0 Å². The van der Waals surface area contributed by atoms with Crippen LogP contribution >= 0.6 is 0 Å². The molecule has 1 heterocycles. The van der Waals surface area contributed by atoms with E-state index in [9.17, 15) is 0 Å². The first-order valence-corrected chi connectivity index (χ1v) is 8.98. The van der Waals surface area contributed by atoms with Gasteiger partial charge in [-0.15, -0.1) is 0 Å². The molecule has 0 amide bonds. The van der Waals surface area contributed by atoms with Crippen LogP contribution in [-0.2, 0) is 0 Å². The fourth-order valence-corrected chi connectivity index (χ4v) is 3.98. The maximum Gasteiger partial charge on any atom is 0.0244 e. The fraction of sp³-hybridized carbons (Fsp3) is 1.00. The normalized spacial score (nSPS) is 31.5. The molecule has 0 bridgehead atoms. The summed E-state index contributed by atoms with van der Waals surface area (Å²) in [7, 11) is 0. The minimum Gasteiger partial charge on any atom is -0.311 e. The lowest BCUT2D eigenvalue weighted by atomic mass is 9.90. The standard InChI is InChI=1S/C18H36N2/c1-6-8-18(9-10-18)13-20-12-16(15(5)7-2)19-11-17(20)14(3)4/h14-17,19H,6-13H2,1-5H3. The Morgan fingerprint density at radius 3 is 2.40 bits per heavy atom. The Labute approximate surface area is 126 Å². The van der Waals surface area contributed by atoms with Crippen molar-refractivity contribution in [3.05, 3.63) is 0 Å². The summed E-state index contributed by atoms with van der Waals surface area (Å²) in [6, 6.07) is 1.44. The van der Waals surface area contributed by atoms with Crippen molar-refractivity contribution in [1.29, 1.82) is 0 Å². The van der Waals surface area contributed by atoms with E-state index in [0.717, 1.165) is 17.9 Å². The first-order chi connectivity index (χ1) is 9.51. The molecule has 118 valence electrons. The largest absolute Gasteiger partial charge is 0.311 e. The van der Waals surface area contributed by atoms with Crippen molar-refractivity contribution in [2.45, 2.75) is 78.8 Å². The van der Waals surface area contributed by atoms with Gasteiger partial charge in [-0.2, -0.15) is 0 Å². The van der Waals surface area contributed by atoms with Crippen molar-refractivity contribution < 1.29 is 0 Å². The van der Waals surface area contributed by atoms with Gasteiger partial charge in [0.05, 0.1) is 0 Å². The van der Waals surface area contributed by atoms with Gasteiger partial charge in [0.15, 0.2) is 0 Å². The van der Waals surface area contributed by atoms with Gasteiger partial charge in [-0.05, 0) is 36.5 Å². The molecule has 0 aromatic heterocycles. The molecule has 20 heavy (non-hydrogen) atoms. The first-order valence-electron chi connectivity index (χ1n) is 8.98. The van der Waals surface area contributed by atoms with Crippen LogP contribution in [0.4, 0.5) is 0 Å². The molecule has 2 fully saturated rings. The van der Waals surface area contributed by atoms with Gasteiger partial charge in [0.2, 0.25) is 0 Å². The van der Waals surface area contributed by atoms with Crippen molar-refractivity contribution in [2.24, 2.45) is 17.3 Å². The van der Waals surface area contributed by atoms with Crippen LogP contribution in [0.2, 0.25) is 0 Å². The number of rotatable bonds is 7. The lowest BCUT2D eigenvalue weighted by Gasteiger charge is -2.45. The van der Waals surface area contributed by atoms with Crippen LogP contribution in [0, 0.1) is 17.3 Å². The molecule has 1 N–H and O–H groups in total. The highest BCUT2D eigenvalue weighted by atomic mass is 15.2. The number of hydrogen-bond acceptors (Lipinski definition) is 2. The quantitative estimate of drug-likeness (QED) is 0.760. The van der Waals surface area contributed by atoms with E-state index in [4.69, 9.17) is 0 Å². The van der Waals surface area contributed by atoms with Crippen LogP contribution in [0.1, 0.15) is 66.7 Å². The number of piperazine rings is 1. The van der Waals surface area contributed by atoms with Crippen LogP contribution in [-0.4, -0.2) is 36.6 Å². The van der Waals surface area contributed by atoms with Crippen molar-refractivity contribution in [3.8, 4) is 0 Å². The van der Waals surface area contributed by atoms with E-state index in [2.05, 4.69) is 44.8 Å². The molecule has 2 aliphatic rings. The average molecular weight is 281 g/mol. The summed E-state index contributed by atoms with van der Waals surface area (Å²) in [5.74, 6) is 1.56. The third kappa shape index (κ3) is 3.76. The van der Waals surface area contributed by atoms with Crippen LogP contribution in [0.15, 0.2) is 0 Å². The van der Waals surface area contributed by atoms with Gasteiger partial charge in [-0.25, -0.2) is 0 Å². The molecule has 1 saturated carbocycles. The van der Waals surface area contributed by atoms with Gasteiger partial charge in [-0.1, -0.05) is 47.5 Å². The Balaban J connectivity index is 1.99. The maximum atomic E-state index is 3.83. The SMILES string of the molecule is CCCC1(CN2CC(C(C)CC)NCC2C(C)C)CC1. The summed E-state index contributed by atoms with van der Waals surface area (Å²) in [4.78, 5) is 2.85. The Kier molecular flexibility index (Phi) is 5.53. The molecular weight excluding hydrogens is 244 g/mol. The zero-order valence-corrected chi connectivity index (χ0v) is 14.4. The molecule has 2 rings (SSSR count). The highest BCUT2D eigenvalue weighted by Gasteiger charge is 2.45. The molecule has 1 aliphatic carbocycles. The number of nitrogens with zero attached hydrogens (tertiary/aromatic N) is 1. The Morgan fingerprint density at radius 2 is 1.90 bits per heavy atom. The molecule has 1 aliphatic heterocycles. The van der Waals surface area contributed by atoms with E-state index in [0.29, 0.717) is 11.5 Å². The minimum atomic E-state index is 0.694. The van der Waals surface area contributed by atoms with E-state index in [1.54, 1.807) is 0 Å². The average Bonchev–Trinajstić information content (AvgIpc) is 3.17. The molecule has 3 atom stereocenters. The second-order valence-corrected chi connectivity index (χ2v) is 7.89. The Morgan fingerprint density at radius 1 is 1.20 bits per heavy atom. The van der Waals surface area contributed by atoms with E-state index < -0.39 is 0 Å². The van der Waals surface area contributed by atoms with Crippen molar-refractivity contribution in [1.82, 2.24) is 10.2 Å². The smallest absolute Gasteiger partial charge is 0.0244 e. The summed E-state index contributed by atoms with van der Waals surface area (Å²) in [5, 5.41) is 3.83. The summed E-state index contributed by atoms with van der Waals surface area (Å²) in [6.45, 7) is 15.7. The third-order valence-corrected chi connectivity index (χ3v) is 5.87. The fourth-order valence-electron chi connectivity index (χ4n) is 3.98. The number of nitrogens with one attached hydrogen (secondary N) is 1. The summed E-state index contributed by atoms with van der Waals surface area (Å²) >= 11 is 0.